The maximum Gasteiger partial charge on any atom is 0.407 e. The molecule has 2 atom stereocenters. The zero-order chi connectivity index (χ0) is 16.9. The summed E-state index contributed by atoms with van der Waals surface area (Å²) < 4.78 is 5.33. The number of nitrogens with zero attached hydrogens (tertiary/aromatic N) is 2. The number of nitrogens with one attached hydrogen (secondary N) is 2. The van der Waals surface area contributed by atoms with Crippen molar-refractivity contribution in [2.24, 2.45) is 0 Å². The van der Waals surface area contributed by atoms with Crippen molar-refractivity contribution in [2.45, 2.75) is 77.6 Å². The van der Waals surface area contributed by atoms with Gasteiger partial charge in [-0.2, -0.15) is 0 Å². The predicted octanol–water partition coefficient (Wildman–Crippen LogP) is 2.71. The molecule has 2 N–H and O–H groups in total. The molecule has 0 bridgehead atoms. The summed E-state index contributed by atoms with van der Waals surface area (Å²) in [6.45, 7) is 8.25. The molecule has 2 rings (SSSR count). The van der Waals surface area contributed by atoms with Crippen molar-refractivity contribution < 1.29 is 9.53 Å². The lowest BCUT2D eigenvalue weighted by atomic mass is 9.91. The summed E-state index contributed by atoms with van der Waals surface area (Å²) in [5, 5.41) is 6.52. The Morgan fingerprint density at radius 3 is 2.78 bits per heavy atom. The van der Waals surface area contributed by atoms with E-state index in [1.165, 1.54) is 0 Å². The van der Waals surface area contributed by atoms with Gasteiger partial charge in [-0.15, -0.1) is 0 Å². The van der Waals surface area contributed by atoms with Gasteiger partial charge in [0.15, 0.2) is 0 Å². The molecule has 1 saturated carbocycles. The summed E-state index contributed by atoms with van der Waals surface area (Å²) in [6.07, 6.45) is 5.60. The molecule has 2 unspecified atom stereocenters. The van der Waals surface area contributed by atoms with Gasteiger partial charge in [0.1, 0.15) is 11.4 Å². The van der Waals surface area contributed by atoms with Crippen molar-refractivity contribution in [2.75, 3.05) is 0 Å². The number of carbonyl (C=O) groups is 1. The van der Waals surface area contributed by atoms with Crippen molar-refractivity contribution in [3.8, 4) is 0 Å². The number of hydrogen-bond acceptors (Lipinski definition) is 5. The first-order chi connectivity index (χ1) is 10.8. The first kappa shape index (κ1) is 17.7. The highest BCUT2D eigenvalue weighted by Crippen LogP contribution is 2.19. The molecule has 0 aliphatic heterocycles. The van der Waals surface area contributed by atoms with Crippen LogP contribution in [0.25, 0.3) is 0 Å². The van der Waals surface area contributed by atoms with Crippen molar-refractivity contribution in [3.05, 3.63) is 23.8 Å². The molecule has 6 heteroatoms. The zero-order valence-corrected chi connectivity index (χ0v) is 14.6. The van der Waals surface area contributed by atoms with Crippen molar-refractivity contribution in [3.63, 3.8) is 0 Å². The van der Waals surface area contributed by atoms with Crippen LogP contribution in [-0.4, -0.2) is 33.7 Å². The second kappa shape index (κ2) is 7.73. The molecule has 0 saturated heterocycles. The quantitative estimate of drug-likeness (QED) is 0.892. The lowest BCUT2D eigenvalue weighted by Crippen LogP contribution is -2.45. The van der Waals surface area contributed by atoms with E-state index >= 15 is 0 Å². The monoisotopic (exact) mass is 320 g/mol. The number of aryl methyl sites for hydroxylation is 1. The highest BCUT2D eigenvalue weighted by Gasteiger charge is 2.25. The summed E-state index contributed by atoms with van der Waals surface area (Å²) in [4.78, 5) is 20.4. The largest absolute Gasteiger partial charge is 0.444 e. The van der Waals surface area contributed by atoms with Gasteiger partial charge in [-0.3, -0.25) is 0 Å². The van der Waals surface area contributed by atoms with Gasteiger partial charge < -0.3 is 15.4 Å². The van der Waals surface area contributed by atoms with Crippen LogP contribution in [0.2, 0.25) is 0 Å². The van der Waals surface area contributed by atoms with E-state index < -0.39 is 5.60 Å². The third-order valence-corrected chi connectivity index (χ3v) is 3.80. The van der Waals surface area contributed by atoms with Crippen LogP contribution < -0.4 is 10.6 Å². The standard InChI is InChI=1S/C17H28N4O2/c1-12-18-9-8-15(20-12)11-19-13-6-5-7-14(10-13)21-16(22)23-17(2,3)4/h8-9,13-14,19H,5-7,10-11H2,1-4H3,(H,21,22). The molecule has 0 aromatic carbocycles. The minimum Gasteiger partial charge on any atom is -0.444 e. The second-order valence-electron chi connectivity index (χ2n) is 7.18. The van der Waals surface area contributed by atoms with Crippen LogP contribution in [0, 0.1) is 6.92 Å². The predicted molar refractivity (Wildman–Crippen MR) is 89.0 cm³/mol. The van der Waals surface area contributed by atoms with E-state index in [4.69, 9.17) is 4.74 Å². The molecule has 23 heavy (non-hydrogen) atoms. The molecule has 1 aliphatic carbocycles. The molecule has 1 aromatic heterocycles. The van der Waals surface area contributed by atoms with Gasteiger partial charge in [-0.05, 0) is 59.4 Å². The molecule has 1 aliphatic rings. The molecule has 0 radical (unpaired) electrons. The smallest absolute Gasteiger partial charge is 0.407 e. The van der Waals surface area contributed by atoms with Crippen LogP contribution >= 0.6 is 0 Å². The summed E-state index contributed by atoms with van der Waals surface area (Å²) in [6, 6.07) is 2.49. The van der Waals surface area contributed by atoms with Crippen molar-refractivity contribution >= 4 is 6.09 Å². The molecule has 1 heterocycles. The van der Waals surface area contributed by atoms with E-state index in [-0.39, 0.29) is 12.1 Å². The van der Waals surface area contributed by atoms with Crippen LogP contribution in [0.5, 0.6) is 0 Å². The number of carbonyl (C=O) groups excluding carboxylic acids is 1. The minimum atomic E-state index is -0.457. The van der Waals surface area contributed by atoms with Crippen LogP contribution in [-0.2, 0) is 11.3 Å². The van der Waals surface area contributed by atoms with Gasteiger partial charge in [-0.25, -0.2) is 14.8 Å². The first-order valence-corrected chi connectivity index (χ1v) is 8.33. The number of hydrogen-bond donors (Lipinski definition) is 2. The van der Waals surface area contributed by atoms with Crippen LogP contribution in [0.1, 0.15) is 58.0 Å². The highest BCUT2D eigenvalue weighted by molar-refractivity contribution is 5.68. The Balaban J connectivity index is 1.78. The average Bonchev–Trinajstić information content (AvgIpc) is 2.43. The SMILES string of the molecule is Cc1nccc(CNC2CCCC(NC(=O)OC(C)(C)C)C2)n1. The van der Waals surface area contributed by atoms with E-state index in [0.717, 1.165) is 43.7 Å². The lowest BCUT2D eigenvalue weighted by Gasteiger charge is -2.31. The fourth-order valence-electron chi connectivity index (χ4n) is 2.83. The van der Waals surface area contributed by atoms with Gasteiger partial charge in [0.25, 0.3) is 0 Å². The van der Waals surface area contributed by atoms with E-state index in [2.05, 4.69) is 20.6 Å². The molecular formula is C17H28N4O2. The Bertz CT molecular complexity index is 528. The Morgan fingerprint density at radius 1 is 1.35 bits per heavy atom. The normalized spacial score (nSPS) is 21.7. The molecule has 1 aromatic rings. The Hall–Kier alpha value is -1.69. The minimum absolute atomic E-state index is 0.170. The van der Waals surface area contributed by atoms with E-state index in [9.17, 15) is 4.79 Å². The lowest BCUT2D eigenvalue weighted by molar-refractivity contribution is 0.0488. The number of aromatic nitrogens is 2. The Kier molecular flexibility index (Phi) is 5.93. The summed E-state index contributed by atoms with van der Waals surface area (Å²) >= 11 is 0. The molecule has 1 amide bonds. The molecule has 128 valence electrons. The molecule has 0 spiro atoms. The van der Waals surface area contributed by atoms with Crippen molar-refractivity contribution in [1.82, 2.24) is 20.6 Å². The Morgan fingerprint density at radius 2 is 2.09 bits per heavy atom. The van der Waals surface area contributed by atoms with Gasteiger partial charge in [0.05, 0.1) is 5.69 Å². The average molecular weight is 320 g/mol. The third-order valence-electron chi connectivity index (χ3n) is 3.80. The van der Waals surface area contributed by atoms with Gasteiger partial charge >= 0.3 is 6.09 Å². The summed E-state index contributed by atoms with van der Waals surface area (Å²) in [5.74, 6) is 0.789. The second-order valence-corrected chi connectivity index (χ2v) is 7.18. The van der Waals surface area contributed by atoms with Gasteiger partial charge in [0.2, 0.25) is 0 Å². The molecule has 6 nitrogen and oxygen atoms in total. The van der Waals surface area contributed by atoms with E-state index in [1.807, 2.05) is 33.8 Å². The van der Waals surface area contributed by atoms with Crippen LogP contribution in [0.4, 0.5) is 4.79 Å². The fourth-order valence-corrected chi connectivity index (χ4v) is 2.83. The van der Waals surface area contributed by atoms with Gasteiger partial charge in [0, 0.05) is 24.8 Å². The van der Waals surface area contributed by atoms with Crippen molar-refractivity contribution in [1.29, 1.82) is 0 Å². The third kappa shape index (κ3) is 6.52. The fraction of sp³-hybridized carbons (Fsp3) is 0.706. The zero-order valence-electron chi connectivity index (χ0n) is 14.6. The van der Waals surface area contributed by atoms with Crippen LogP contribution in [0.3, 0.4) is 0 Å². The van der Waals surface area contributed by atoms with Gasteiger partial charge in [-0.1, -0.05) is 0 Å². The maximum atomic E-state index is 11.9. The van der Waals surface area contributed by atoms with E-state index in [1.54, 1.807) is 6.20 Å². The maximum absolute atomic E-state index is 11.9. The number of amides is 1. The molecule has 1 fully saturated rings. The van der Waals surface area contributed by atoms with E-state index in [0.29, 0.717) is 6.04 Å². The topological polar surface area (TPSA) is 76.1 Å². The Labute approximate surface area is 138 Å². The first-order valence-electron chi connectivity index (χ1n) is 8.33. The highest BCUT2D eigenvalue weighted by atomic mass is 16.6. The number of rotatable bonds is 4. The summed E-state index contributed by atoms with van der Waals surface area (Å²) in [7, 11) is 0. The molecular weight excluding hydrogens is 292 g/mol. The van der Waals surface area contributed by atoms with Crippen LogP contribution in [0.15, 0.2) is 12.3 Å². The number of alkyl carbamates (subject to hydrolysis) is 1. The number of ether oxygens (including phenoxy) is 1. The summed E-state index contributed by atoms with van der Waals surface area (Å²) in [5.41, 5.74) is 0.543.